The number of hydrogen-bond donors (Lipinski definition) is 0. The first-order chi connectivity index (χ1) is 24.7. The van der Waals surface area contributed by atoms with Crippen molar-refractivity contribution in [3.05, 3.63) is 181 Å². The summed E-state index contributed by atoms with van der Waals surface area (Å²) in [6.07, 6.45) is 8.76. The average Bonchev–Trinajstić information content (AvgIpc) is 3.51. The van der Waals surface area contributed by atoms with Crippen LogP contribution in [-0.4, -0.2) is 9.55 Å². The van der Waals surface area contributed by atoms with Gasteiger partial charge in [-0.3, -0.25) is 0 Å². The van der Waals surface area contributed by atoms with Crippen molar-refractivity contribution in [3.8, 4) is 51.0 Å². The summed E-state index contributed by atoms with van der Waals surface area (Å²) in [6, 6.07) is 52.8. The van der Waals surface area contributed by atoms with Crippen molar-refractivity contribution in [2.45, 2.75) is 33.2 Å². The van der Waals surface area contributed by atoms with E-state index in [9.17, 15) is 5.26 Å². The fourth-order valence-electron chi connectivity index (χ4n) is 7.05. The molecule has 0 unspecified atom stereocenters. The minimum absolute atomic E-state index is 0.416. The van der Waals surface area contributed by atoms with Crippen LogP contribution in [-0.2, 0) is 6.54 Å². The molecule has 0 radical (unpaired) electrons. The van der Waals surface area contributed by atoms with Gasteiger partial charge in [0.15, 0.2) is 0 Å². The maximum absolute atomic E-state index is 10.7. The lowest BCUT2D eigenvalue weighted by atomic mass is 9.92. The zero-order valence-corrected chi connectivity index (χ0v) is 28.6. The van der Waals surface area contributed by atoms with Gasteiger partial charge in [-0.25, -0.2) is 4.98 Å². The van der Waals surface area contributed by atoms with Gasteiger partial charge in [-0.2, -0.15) is 5.26 Å². The summed E-state index contributed by atoms with van der Waals surface area (Å²) < 4.78 is 2.44. The molecular formula is C47H39N3. The standard InChI is InChI=1S/C47H39N3/c1-3-20-35(40-31-17-16-21-34(40)2)22-18-19-32-50-46(38-27-12-6-13-28-38)43-42(36-23-8-4-9-24-36)41(33-48)49-45(37-25-10-5-11-26-37)44(43)47(50)39-29-14-7-15-30-39/h4-21,23-31H,3,22,32H2,1-2H3/b19-18-,35-20-. The molecule has 3 heteroatoms. The second kappa shape index (κ2) is 14.9. The highest BCUT2D eigenvalue weighted by molar-refractivity contribution is 6.17. The number of fused-ring (bicyclic) bond motifs is 1. The van der Waals surface area contributed by atoms with Crippen molar-refractivity contribution in [3.63, 3.8) is 0 Å². The molecule has 7 rings (SSSR count). The zero-order valence-electron chi connectivity index (χ0n) is 28.6. The molecule has 0 atom stereocenters. The van der Waals surface area contributed by atoms with Crippen molar-refractivity contribution in [2.24, 2.45) is 0 Å². The normalized spacial score (nSPS) is 11.7. The molecule has 0 fully saturated rings. The molecule has 3 nitrogen and oxygen atoms in total. The Morgan fingerprint density at radius 2 is 1.16 bits per heavy atom. The minimum atomic E-state index is 0.416. The second-order valence-electron chi connectivity index (χ2n) is 12.4. The number of rotatable bonds is 10. The van der Waals surface area contributed by atoms with E-state index in [0.29, 0.717) is 12.2 Å². The smallest absolute Gasteiger partial charge is 0.149 e. The molecule has 0 bridgehead atoms. The van der Waals surface area contributed by atoms with E-state index in [1.54, 1.807) is 0 Å². The van der Waals surface area contributed by atoms with Gasteiger partial charge in [-0.15, -0.1) is 0 Å². The molecule has 5 aromatic carbocycles. The van der Waals surface area contributed by atoms with Gasteiger partial charge in [0.05, 0.1) is 17.1 Å². The number of aryl methyl sites for hydroxylation is 1. The van der Waals surface area contributed by atoms with Gasteiger partial charge in [0, 0.05) is 28.4 Å². The molecule has 0 saturated heterocycles. The summed E-state index contributed by atoms with van der Waals surface area (Å²) in [7, 11) is 0. The number of nitrogens with zero attached hydrogens (tertiary/aromatic N) is 3. The van der Waals surface area contributed by atoms with Crippen molar-refractivity contribution >= 4 is 16.3 Å². The van der Waals surface area contributed by atoms with Crippen LogP contribution in [0.15, 0.2) is 164 Å². The van der Waals surface area contributed by atoms with Gasteiger partial charge < -0.3 is 4.57 Å². The summed E-state index contributed by atoms with van der Waals surface area (Å²) in [5.74, 6) is 0. The third-order valence-electron chi connectivity index (χ3n) is 9.25. The first-order valence-electron chi connectivity index (χ1n) is 17.3. The van der Waals surface area contributed by atoms with Crippen LogP contribution in [0.3, 0.4) is 0 Å². The van der Waals surface area contributed by atoms with Crippen LogP contribution in [0.5, 0.6) is 0 Å². The highest BCUT2D eigenvalue weighted by Crippen LogP contribution is 2.48. The lowest BCUT2D eigenvalue weighted by Crippen LogP contribution is -2.01. The average molecular weight is 646 g/mol. The largest absolute Gasteiger partial charge is 0.336 e. The summed E-state index contributed by atoms with van der Waals surface area (Å²) >= 11 is 0. The summed E-state index contributed by atoms with van der Waals surface area (Å²) in [5.41, 5.74) is 12.3. The lowest BCUT2D eigenvalue weighted by Gasteiger charge is -2.14. The number of aromatic nitrogens is 2. The first-order valence-corrected chi connectivity index (χ1v) is 17.3. The van der Waals surface area contributed by atoms with E-state index in [2.05, 4.69) is 152 Å². The second-order valence-corrected chi connectivity index (χ2v) is 12.4. The maximum atomic E-state index is 10.7. The number of nitriles is 1. The van der Waals surface area contributed by atoms with Crippen molar-refractivity contribution in [1.82, 2.24) is 9.55 Å². The third kappa shape index (κ3) is 6.32. The SMILES string of the molecule is CC/C=C(/C/C=C\Cn1c(-c2ccccc2)c2c(-c3ccccc3)nc(C#N)c(-c3ccccc3)c2c1-c1ccccc1)c1ccccc1C. The zero-order chi connectivity index (χ0) is 34.3. The third-order valence-corrected chi connectivity index (χ3v) is 9.25. The van der Waals surface area contributed by atoms with Gasteiger partial charge >= 0.3 is 0 Å². The summed E-state index contributed by atoms with van der Waals surface area (Å²) in [5, 5.41) is 12.8. The van der Waals surface area contributed by atoms with Crippen molar-refractivity contribution in [2.75, 3.05) is 0 Å². The molecule has 0 aliphatic heterocycles. The topological polar surface area (TPSA) is 41.6 Å². The van der Waals surface area contributed by atoms with E-state index in [1.165, 1.54) is 16.7 Å². The molecule has 2 aromatic heterocycles. The molecule has 0 aliphatic carbocycles. The van der Waals surface area contributed by atoms with Gasteiger partial charge in [0.25, 0.3) is 0 Å². The van der Waals surface area contributed by atoms with E-state index < -0.39 is 0 Å². The Hall–Kier alpha value is -6.24. The molecule has 0 amide bonds. The van der Waals surface area contributed by atoms with Crippen LogP contribution in [0.1, 0.15) is 36.6 Å². The number of benzene rings is 5. The molecule has 0 saturated carbocycles. The van der Waals surface area contributed by atoms with E-state index in [0.717, 1.165) is 68.5 Å². The van der Waals surface area contributed by atoms with E-state index in [-0.39, 0.29) is 0 Å². The van der Waals surface area contributed by atoms with Crippen molar-refractivity contribution < 1.29 is 0 Å². The van der Waals surface area contributed by atoms with Gasteiger partial charge in [-0.05, 0) is 53.2 Å². The van der Waals surface area contributed by atoms with Gasteiger partial charge in [0.2, 0.25) is 0 Å². The number of pyridine rings is 1. The van der Waals surface area contributed by atoms with Crippen LogP contribution >= 0.6 is 0 Å². The molecule has 0 spiro atoms. The Labute approximate surface area is 295 Å². The Bertz CT molecular complexity index is 2340. The van der Waals surface area contributed by atoms with Crippen LogP contribution in [0, 0.1) is 18.3 Å². The predicted molar refractivity (Wildman–Crippen MR) is 209 cm³/mol. The van der Waals surface area contributed by atoms with E-state index >= 15 is 0 Å². The number of allylic oxidation sites excluding steroid dienone is 4. The predicted octanol–water partition coefficient (Wildman–Crippen LogP) is 12.3. The van der Waals surface area contributed by atoms with Gasteiger partial charge in [0.1, 0.15) is 11.8 Å². The van der Waals surface area contributed by atoms with E-state index in [1.807, 2.05) is 36.4 Å². The molecular weight excluding hydrogens is 607 g/mol. The molecule has 0 aliphatic rings. The fourth-order valence-corrected chi connectivity index (χ4v) is 7.05. The molecule has 7 aromatic rings. The maximum Gasteiger partial charge on any atom is 0.149 e. The highest BCUT2D eigenvalue weighted by atomic mass is 15.0. The van der Waals surface area contributed by atoms with Crippen LogP contribution < -0.4 is 0 Å². The number of hydrogen-bond acceptors (Lipinski definition) is 2. The summed E-state index contributed by atoms with van der Waals surface area (Å²) in [6.45, 7) is 5.02. The Kier molecular flexibility index (Phi) is 9.63. The molecule has 242 valence electrons. The molecule has 2 heterocycles. The fraction of sp³-hybridized carbons (Fsp3) is 0.106. The monoisotopic (exact) mass is 645 g/mol. The van der Waals surface area contributed by atoms with Crippen molar-refractivity contribution in [1.29, 1.82) is 5.26 Å². The Balaban J connectivity index is 1.54. The van der Waals surface area contributed by atoms with E-state index in [4.69, 9.17) is 4.98 Å². The molecule has 0 N–H and O–H groups in total. The minimum Gasteiger partial charge on any atom is -0.336 e. The lowest BCUT2D eigenvalue weighted by molar-refractivity contribution is 0.848. The first kappa shape index (κ1) is 32.3. The van der Waals surface area contributed by atoms with Crippen LogP contribution in [0.2, 0.25) is 0 Å². The van der Waals surface area contributed by atoms with Gasteiger partial charge in [-0.1, -0.05) is 171 Å². The highest BCUT2D eigenvalue weighted by Gasteiger charge is 2.28. The summed E-state index contributed by atoms with van der Waals surface area (Å²) in [4.78, 5) is 5.18. The molecule has 50 heavy (non-hydrogen) atoms. The quantitative estimate of drug-likeness (QED) is 0.139. The van der Waals surface area contributed by atoms with Crippen LogP contribution in [0.25, 0.3) is 61.2 Å². The van der Waals surface area contributed by atoms with Crippen LogP contribution in [0.4, 0.5) is 0 Å². The Morgan fingerprint density at radius 1 is 0.640 bits per heavy atom. The Morgan fingerprint density at radius 3 is 1.72 bits per heavy atom.